The van der Waals surface area contributed by atoms with E-state index < -0.39 is 4.92 Å². The van der Waals surface area contributed by atoms with Crippen molar-refractivity contribution in [3.05, 3.63) is 52.2 Å². The molecule has 1 aromatic heterocycles. The standard InChI is InChI=1S/C15H18N4O3S/c20-13-6-12(7-16-15-17-8-14(23-15)19(21)22)18(10-13)9-11-4-2-1-3-5-11/h1-5,8,12-13,20H,6-7,9-10H2,(H,16,17)/t12-,13+/m1/s1. The highest BCUT2D eigenvalue weighted by Crippen LogP contribution is 2.26. The van der Waals surface area contributed by atoms with Gasteiger partial charge in [-0.25, -0.2) is 4.98 Å². The molecule has 0 aliphatic carbocycles. The molecule has 1 aliphatic rings. The number of rotatable bonds is 6. The number of aliphatic hydroxyl groups is 1. The van der Waals surface area contributed by atoms with Gasteiger partial charge in [-0.1, -0.05) is 30.3 Å². The average Bonchev–Trinajstić information content (AvgIpc) is 3.13. The zero-order valence-electron chi connectivity index (χ0n) is 12.5. The maximum absolute atomic E-state index is 10.7. The van der Waals surface area contributed by atoms with Crippen LogP contribution < -0.4 is 5.32 Å². The first kappa shape index (κ1) is 15.9. The first-order chi connectivity index (χ1) is 11.1. The van der Waals surface area contributed by atoms with Gasteiger partial charge in [0.15, 0.2) is 5.13 Å². The van der Waals surface area contributed by atoms with E-state index in [0.29, 0.717) is 24.6 Å². The highest BCUT2D eigenvalue weighted by molar-refractivity contribution is 7.18. The summed E-state index contributed by atoms with van der Waals surface area (Å²) < 4.78 is 0. The summed E-state index contributed by atoms with van der Waals surface area (Å²) in [6.07, 6.45) is 1.61. The third kappa shape index (κ3) is 4.04. The Morgan fingerprint density at radius 1 is 1.43 bits per heavy atom. The molecule has 2 aromatic rings. The van der Waals surface area contributed by atoms with Crippen molar-refractivity contribution in [2.45, 2.75) is 25.1 Å². The Morgan fingerprint density at radius 3 is 2.91 bits per heavy atom. The van der Waals surface area contributed by atoms with Crippen LogP contribution in [0.5, 0.6) is 0 Å². The van der Waals surface area contributed by atoms with E-state index in [1.54, 1.807) is 0 Å². The number of aliphatic hydroxyl groups excluding tert-OH is 1. The summed E-state index contributed by atoms with van der Waals surface area (Å²) in [7, 11) is 0. The number of thiazole rings is 1. The number of hydrogen-bond donors (Lipinski definition) is 2. The zero-order valence-corrected chi connectivity index (χ0v) is 13.3. The van der Waals surface area contributed by atoms with E-state index in [-0.39, 0.29) is 17.1 Å². The van der Waals surface area contributed by atoms with Crippen LogP contribution in [0.15, 0.2) is 36.5 Å². The Kier molecular flexibility index (Phi) is 4.85. The van der Waals surface area contributed by atoms with E-state index >= 15 is 0 Å². The van der Waals surface area contributed by atoms with Crippen LogP contribution in [0.4, 0.5) is 10.1 Å². The normalized spacial score (nSPS) is 21.4. The Morgan fingerprint density at radius 2 is 2.22 bits per heavy atom. The van der Waals surface area contributed by atoms with Crippen molar-refractivity contribution in [2.24, 2.45) is 0 Å². The second-order valence-electron chi connectivity index (χ2n) is 5.60. The lowest BCUT2D eigenvalue weighted by Gasteiger charge is -2.24. The molecule has 23 heavy (non-hydrogen) atoms. The predicted molar refractivity (Wildman–Crippen MR) is 88.5 cm³/mol. The fourth-order valence-corrected chi connectivity index (χ4v) is 3.46. The molecule has 8 heteroatoms. The molecule has 0 amide bonds. The Balaban J connectivity index is 1.59. The highest BCUT2D eigenvalue weighted by Gasteiger charge is 2.30. The molecular formula is C15H18N4O3S. The lowest BCUT2D eigenvalue weighted by molar-refractivity contribution is -0.380. The van der Waals surface area contributed by atoms with Crippen LogP contribution in [0, 0.1) is 10.1 Å². The van der Waals surface area contributed by atoms with Gasteiger partial charge in [-0.15, -0.1) is 0 Å². The molecule has 0 radical (unpaired) electrons. The van der Waals surface area contributed by atoms with Gasteiger partial charge in [-0.2, -0.15) is 0 Å². The molecule has 0 spiro atoms. The molecule has 1 saturated heterocycles. The van der Waals surface area contributed by atoms with Crippen LogP contribution in [0.25, 0.3) is 0 Å². The molecule has 122 valence electrons. The molecule has 3 rings (SSSR count). The van der Waals surface area contributed by atoms with Gasteiger partial charge in [0.2, 0.25) is 0 Å². The van der Waals surface area contributed by atoms with Crippen LogP contribution in [-0.4, -0.2) is 45.1 Å². The van der Waals surface area contributed by atoms with Crippen LogP contribution in [0.1, 0.15) is 12.0 Å². The van der Waals surface area contributed by atoms with Gasteiger partial charge in [0, 0.05) is 25.7 Å². The number of aromatic nitrogens is 1. The summed E-state index contributed by atoms with van der Waals surface area (Å²) in [6.45, 7) is 2.02. The smallest absolute Gasteiger partial charge is 0.345 e. The quantitative estimate of drug-likeness (QED) is 0.621. The number of nitrogens with one attached hydrogen (secondary N) is 1. The highest BCUT2D eigenvalue weighted by atomic mass is 32.1. The Hall–Kier alpha value is -2.03. The van der Waals surface area contributed by atoms with E-state index in [9.17, 15) is 15.2 Å². The summed E-state index contributed by atoms with van der Waals surface area (Å²) in [5.41, 5.74) is 1.21. The first-order valence-electron chi connectivity index (χ1n) is 7.42. The Labute approximate surface area is 137 Å². The van der Waals surface area contributed by atoms with Crippen molar-refractivity contribution < 1.29 is 10.0 Å². The number of nitrogens with zero attached hydrogens (tertiary/aromatic N) is 3. The topological polar surface area (TPSA) is 91.5 Å². The minimum atomic E-state index is -0.441. The lowest BCUT2D eigenvalue weighted by atomic mass is 10.1. The molecule has 1 aromatic carbocycles. The van der Waals surface area contributed by atoms with Crippen molar-refractivity contribution in [1.82, 2.24) is 9.88 Å². The molecule has 0 unspecified atom stereocenters. The SMILES string of the molecule is O=[N+]([O-])c1cnc(NC[C@H]2C[C@H](O)CN2Cc2ccccc2)s1. The maximum Gasteiger partial charge on any atom is 0.345 e. The van der Waals surface area contributed by atoms with Crippen molar-refractivity contribution in [1.29, 1.82) is 0 Å². The van der Waals surface area contributed by atoms with Crippen LogP contribution >= 0.6 is 11.3 Å². The molecule has 2 heterocycles. The zero-order chi connectivity index (χ0) is 16.2. The van der Waals surface area contributed by atoms with Crippen LogP contribution in [0.2, 0.25) is 0 Å². The number of likely N-dealkylation sites (tertiary alicyclic amines) is 1. The molecule has 2 atom stereocenters. The summed E-state index contributed by atoms with van der Waals surface area (Å²) in [5.74, 6) is 0. The van der Waals surface area contributed by atoms with Gasteiger partial charge in [0.1, 0.15) is 6.20 Å². The molecular weight excluding hydrogens is 316 g/mol. The molecule has 2 N–H and O–H groups in total. The summed E-state index contributed by atoms with van der Waals surface area (Å²) in [4.78, 5) is 16.5. The van der Waals surface area contributed by atoms with Crippen molar-refractivity contribution >= 4 is 21.5 Å². The second-order valence-corrected chi connectivity index (χ2v) is 6.61. The number of β-amino-alcohol motifs (C(OH)–C–C–N with tert-alkyl or cyclic N) is 1. The van der Waals surface area contributed by atoms with Crippen molar-refractivity contribution in [3.8, 4) is 0 Å². The molecule has 0 bridgehead atoms. The number of hydrogen-bond acceptors (Lipinski definition) is 7. The van der Waals surface area contributed by atoms with Gasteiger partial charge < -0.3 is 10.4 Å². The van der Waals surface area contributed by atoms with E-state index in [2.05, 4.69) is 27.3 Å². The van der Waals surface area contributed by atoms with E-state index in [1.807, 2.05) is 18.2 Å². The minimum Gasteiger partial charge on any atom is -0.392 e. The van der Waals surface area contributed by atoms with Crippen molar-refractivity contribution in [3.63, 3.8) is 0 Å². The molecule has 1 aliphatic heterocycles. The predicted octanol–water partition coefficient (Wildman–Crippen LogP) is 2.10. The maximum atomic E-state index is 10.7. The summed E-state index contributed by atoms with van der Waals surface area (Å²) in [6, 6.07) is 10.3. The fraction of sp³-hybridized carbons (Fsp3) is 0.400. The third-order valence-electron chi connectivity index (χ3n) is 3.90. The first-order valence-corrected chi connectivity index (χ1v) is 8.23. The van der Waals surface area contributed by atoms with Crippen LogP contribution in [-0.2, 0) is 6.54 Å². The summed E-state index contributed by atoms with van der Waals surface area (Å²) >= 11 is 1.03. The minimum absolute atomic E-state index is 0.0279. The number of nitro groups is 1. The van der Waals surface area contributed by atoms with Gasteiger partial charge in [0.25, 0.3) is 0 Å². The fourth-order valence-electron chi connectivity index (χ4n) is 2.82. The average molecular weight is 334 g/mol. The lowest BCUT2D eigenvalue weighted by Crippen LogP contribution is -2.34. The largest absolute Gasteiger partial charge is 0.392 e. The monoisotopic (exact) mass is 334 g/mol. The number of anilines is 1. The summed E-state index contributed by atoms with van der Waals surface area (Å²) in [5, 5.41) is 24.3. The molecule has 1 fully saturated rings. The van der Waals surface area contributed by atoms with Gasteiger partial charge in [0.05, 0.1) is 11.0 Å². The third-order valence-corrected chi connectivity index (χ3v) is 4.80. The number of benzene rings is 1. The Bertz CT molecular complexity index is 664. The van der Waals surface area contributed by atoms with E-state index in [1.165, 1.54) is 11.8 Å². The van der Waals surface area contributed by atoms with Crippen molar-refractivity contribution in [2.75, 3.05) is 18.4 Å². The van der Waals surface area contributed by atoms with E-state index in [4.69, 9.17) is 0 Å². The molecule has 0 saturated carbocycles. The second kappa shape index (κ2) is 7.03. The molecule has 7 nitrogen and oxygen atoms in total. The van der Waals surface area contributed by atoms with Gasteiger partial charge in [-0.05, 0) is 23.3 Å². The van der Waals surface area contributed by atoms with Gasteiger partial charge in [-0.3, -0.25) is 15.0 Å². The van der Waals surface area contributed by atoms with Crippen LogP contribution in [0.3, 0.4) is 0 Å². The van der Waals surface area contributed by atoms with E-state index in [0.717, 1.165) is 17.9 Å². The van der Waals surface area contributed by atoms with Gasteiger partial charge >= 0.3 is 5.00 Å².